The van der Waals surface area contributed by atoms with Crippen molar-refractivity contribution in [1.29, 1.82) is 0 Å². The van der Waals surface area contributed by atoms with Gasteiger partial charge in [-0.05, 0) is 55.9 Å². The van der Waals surface area contributed by atoms with Crippen LogP contribution in [0.15, 0.2) is 30.3 Å². The first-order chi connectivity index (χ1) is 32.2. The quantitative estimate of drug-likeness (QED) is 0.0499. The zero-order valence-electron chi connectivity index (χ0n) is 44.2. The Kier molecular flexibility index (Phi) is 25.4. The monoisotopic (exact) mass is 989 g/mol. The standard InChI is InChI=1S/C33H55N3O6.C19H33N3O4S/c1-10-22(4)30(35(7)28(37)19-21(2)3)27(41-8)20-29(38)36-18-14-17-26(36)32(42-9)23(5)33(40)34-24(6)31(39)25-15-12-11-13-16-25;1-12(2)16(17(20)25)21(5)14(23)9-7-6-8-10-22-15(24)11-13(18(22)26)19(3,4)27/h11-13,15-16,21-24,26-27,30-32,39H,10,14,17-20H2,1-9H3,(H,34,40);12-13,16,27H,6-11H2,1-5H3,(H2,20,25). The van der Waals surface area contributed by atoms with Gasteiger partial charge in [0.1, 0.15) is 6.04 Å². The van der Waals surface area contributed by atoms with Crippen molar-refractivity contribution in [2.24, 2.45) is 35.3 Å². The summed E-state index contributed by atoms with van der Waals surface area (Å²) in [7, 11) is 6.58. The van der Waals surface area contributed by atoms with Gasteiger partial charge in [-0.25, -0.2) is 0 Å². The molecule has 0 aromatic heterocycles. The highest BCUT2D eigenvalue weighted by Gasteiger charge is 2.45. The molecule has 0 saturated carbocycles. The van der Waals surface area contributed by atoms with Crippen LogP contribution in [0.2, 0.25) is 0 Å². The highest BCUT2D eigenvalue weighted by Crippen LogP contribution is 2.34. The molecule has 0 radical (unpaired) electrons. The molecule has 2 heterocycles. The summed E-state index contributed by atoms with van der Waals surface area (Å²) >= 11 is 4.43. The number of likely N-dealkylation sites (tertiary alicyclic amines) is 2. The van der Waals surface area contributed by atoms with Gasteiger partial charge in [-0.1, -0.05) is 105 Å². The third-order valence-electron chi connectivity index (χ3n) is 14.0. The molecule has 17 heteroatoms. The van der Waals surface area contributed by atoms with E-state index >= 15 is 0 Å². The number of ether oxygens (including phenoxy) is 2. The highest BCUT2D eigenvalue weighted by atomic mass is 32.1. The predicted octanol–water partition coefficient (Wildman–Crippen LogP) is 5.79. The van der Waals surface area contributed by atoms with Crippen molar-refractivity contribution in [2.75, 3.05) is 41.4 Å². The van der Waals surface area contributed by atoms with Crippen molar-refractivity contribution in [3.63, 3.8) is 0 Å². The van der Waals surface area contributed by atoms with Gasteiger partial charge in [0.15, 0.2) is 0 Å². The average Bonchev–Trinajstić information content (AvgIpc) is 3.89. The van der Waals surface area contributed by atoms with Gasteiger partial charge in [0, 0.05) is 65.4 Å². The molecule has 16 nitrogen and oxygen atoms in total. The van der Waals surface area contributed by atoms with Gasteiger partial charge in [0.05, 0.1) is 54.7 Å². The number of imide groups is 1. The number of thiol groups is 1. The molecule has 392 valence electrons. The van der Waals surface area contributed by atoms with E-state index in [4.69, 9.17) is 15.2 Å². The van der Waals surface area contributed by atoms with E-state index in [1.165, 1.54) is 9.80 Å². The minimum absolute atomic E-state index is 0.0485. The van der Waals surface area contributed by atoms with Gasteiger partial charge >= 0.3 is 0 Å². The average molecular weight is 989 g/mol. The topological polar surface area (TPSA) is 209 Å². The third kappa shape index (κ3) is 17.6. The number of nitrogens with one attached hydrogen (secondary N) is 1. The summed E-state index contributed by atoms with van der Waals surface area (Å²) in [5.41, 5.74) is 6.11. The number of amides is 7. The summed E-state index contributed by atoms with van der Waals surface area (Å²) < 4.78 is 11.2. The van der Waals surface area contributed by atoms with Crippen LogP contribution in [-0.4, -0.2) is 149 Å². The second-order valence-corrected chi connectivity index (χ2v) is 21.7. The normalized spacial score (nSPS) is 19.8. The summed E-state index contributed by atoms with van der Waals surface area (Å²) in [4.78, 5) is 94.7. The molecule has 2 fully saturated rings. The lowest BCUT2D eigenvalue weighted by molar-refractivity contribution is -0.146. The number of aliphatic hydroxyl groups excluding tert-OH is 1. The Balaban J connectivity index is 0.000000522. The largest absolute Gasteiger partial charge is 0.386 e. The number of nitrogens with zero attached hydrogens (tertiary/aromatic N) is 4. The summed E-state index contributed by atoms with van der Waals surface area (Å²) in [6.07, 6.45) is 3.66. The van der Waals surface area contributed by atoms with Crippen LogP contribution in [0.3, 0.4) is 0 Å². The lowest BCUT2D eigenvalue weighted by Gasteiger charge is -2.39. The number of carbonyl (C=O) groups excluding carboxylic acids is 7. The fourth-order valence-corrected chi connectivity index (χ4v) is 9.89. The first-order valence-electron chi connectivity index (χ1n) is 25.0. The van der Waals surface area contributed by atoms with E-state index in [0.29, 0.717) is 45.2 Å². The maximum atomic E-state index is 13.8. The molecule has 2 aliphatic heterocycles. The maximum Gasteiger partial charge on any atom is 0.240 e. The number of aliphatic hydroxyl groups is 1. The number of benzene rings is 1. The lowest BCUT2D eigenvalue weighted by atomic mass is 9.90. The highest BCUT2D eigenvalue weighted by molar-refractivity contribution is 7.81. The second-order valence-electron chi connectivity index (χ2n) is 20.6. The zero-order valence-corrected chi connectivity index (χ0v) is 45.1. The molecule has 10 unspecified atom stereocenters. The summed E-state index contributed by atoms with van der Waals surface area (Å²) in [5, 5.41) is 13.7. The van der Waals surface area contributed by atoms with E-state index in [0.717, 1.165) is 24.8 Å². The van der Waals surface area contributed by atoms with Crippen LogP contribution >= 0.6 is 12.6 Å². The number of nitrogens with two attached hydrogens (primary N) is 1. The Morgan fingerprint density at radius 2 is 1.54 bits per heavy atom. The SMILES string of the molecule is CC(C)C(C(N)=O)N(C)C(=O)CCCCCN1C(=O)CC(C(C)(C)S)C1=O.CCC(C)C(C(CC(=O)N1CCCC1C(OC)C(C)C(=O)NC(C)C(O)c1ccccc1)OC)N(C)C(=O)CC(C)C. The van der Waals surface area contributed by atoms with Crippen LogP contribution in [-0.2, 0) is 43.0 Å². The molecule has 4 N–H and O–H groups in total. The molecule has 3 rings (SSSR count). The van der Waals surface area contributed by atoms with E-state index in [1.54, 1.807) is 40.0 Å². The lowest BCUT2D eigenvalue weighted by Crippen LogP contribution is -2.53. The number of unbranched alkanes of at least 4 members (excludes halogenated alkanes) is 2. The number of hydrogen-bond acceptors (Lipinski definition) is 11. The Hall–Kier alpha value is -4.06. The molecule has 10 atom stereocenters. The smallest absolute Gasteiger partial charge is 0.240 e. The van der Waals surface area contributed by atoms with Crippen molar-refractivity contribution in [2.45, 2.75) is 181 Å². The first kappa shape index (κ1) is 61.1. The van der Waals surface area contributed by atoms with E-state index in [1.807, 2.05) is 83.8 Å². The van der Waals surface area contributed by atoms with Gasteiger partial charge in [-0.3, -0.25) is 38.5 Å². The van der Waals surface area contributed by atoms with Gasteiger partial charge < -0.3 is 40.3 Å². The Morgan fingerprint density at radius 3 is 2.04 bits per heavy atom. The second kappa shape index (κ2) is 28.7. The number of hydrogen-bond donors (Lipinski definition) is 4. The van der Waals surface area contributed by atoms with Crippen LogP contribution in [0.1, 0.15) is 145 Å². The Bertz CT molecular complexity index is 1830. The molecule has 69 heavy (non-hydrogen) atoms. The van der Waals surface area contributed by atoms with Crippen molar-refractivity contribution in [3.05, 3.63) is 35.9 Å². The Morgan fingerprint density at radius 1 is 0.913 bits per heavy atom. The van der Waals surface area contributed by atoms with Crippen LogP contribution in [0, 0.1) is 29.6 Å². The minimum Gasteiger partial charge on any atom is -0.386 e. The summed E-state index contributed by atoms with van der Waals surface area (Å²) in [5.74, 6) is -1.79. The van der Waals surface area contributed by atoms with Crippen molar-refractivity contribution in [1.82, 2.24) is 24.9 Å². The van der Waals surface area contributed by atoms with E-state index < -0.39 is 47.0 Å². The van der Waals surface area contributed by atoms with Gasteiger partial charge in [0.25, 0.3) is 0 Å². The first-order valence-corrected chi connectivity index (χ1v) is 25.5. The van der Waals surface area contributed by atoms with Gasteiger partial charge in [0.2, 0.25) is 41.4 Å². The maximum absolute atomic E-state index is 13.8. The molecular weight excluding hydrogens is 901 g/mol. The van der Waals surface area contributed by atoms with Crippen molar-refractivity contribution < 1.29 is 48.1 Å². The number of carbonyl (C=O) groups is 7. The third-order valence-corrected chi connectivity index (χ3v) is 14.3. The Labute approximate surface area is 418 Å². The molecule has 1 aromatic carbocycles. The van der Waals surface area contributed by atoms with Crippen molar-refractivity contribution in [3.8, 4) is 0 Å². The fourth-order valence-electron chi connectivity index (χ4n) is 9.68. The van der Waals surface area contributed by atoms with Crippen molar-refractivity contribution >= 4 is 54.0 Å². The van der Waals surface area contributed by atoms with Crippen LogP contribution in [0.4, 0.5) is 0 Å². The fraction of sp³-hybridized carbons (Fsp3) is 0.750. The molecule has 1 aromatic rings. The number of methoxy groups -OCH3 is 2. The zero-order chi connectivity index (χ0) is 52.5. The van der Waals surface area contributed by atoms with Gasteiger partial charge in [-0.2, -0.15) is 12.6 Å². The van der Waals surface area contributed by atoms with Crippen LogP contribution < -0.4 is 11.1 Å². The van der Waals surface area contributed by atoms with E-state index in [2.05, 4.69) is 31.8 Å². The van der Waals surface area contributed by atoms with Crippen LogP contribution in [0.5, 0.6) is 0 Å². The molecule has 0 aliphatic carbocycles. The van der Waals surface area contributed by atoms with E-state index in [-0.39, 0.29) is 84.0 Å². The molecule has 0 spiro atoms. The molecule has 0 bridgehead atoms. The summed E-state index contributed by atoms with van der Waals surface area (Å²) in [6, 6.07) is 7.61. The van der Waals surface area contributed by atoms with Gasteiger partial charge in [-0.15, -0.1) is 0 Å². The van der Waals surface area contributed by atoms with E-state index in [9.17, 15) is 38.7 Å². The number of rotatable bonds is 26. The summed E-state index contributed by atoms with van der Waals surface area (Å²) in [6.45, 7) is 20.1. The predicted molar refractivity (Wildman–Crippen MR) is 272 cm³/mol. The minimum atomic E-state index is -0.845. The molecule has 2 saturated heterocycles. The number of likely N-dealkylation sites (N-methyl/N-ethyl adjacent to an activating group) is 2. The molecular formula is C52H88N6O10S. The molecule has 7 amide bonds. The van der Waals surface area contributed by atoms with Crippen LogP contribution in [0.25, 0.3) is 0 Å². The number of primary amides is 1. The molecule has 2 aliphatic rings.